The highest BCUT2D eigenvalue weighted by Gasteiger charge is 2.43. The van der Waals surface area contributed by atoms with E-state index in [0.29, 0.717) is 0 Å². The molecule has 0 aromatic heterocycles. The van der Waals surface area contributed by atoms with Crippen molar-refractivity contribution in [3.63, 3.8) is 0 Å². The first-order valence-corrected chi connectivity index (χ1v) is 5.10. The maximum Gasteiger partial charge on any atom is 0.173 e. The first kappa shape index (κ1) is 13.8. The van der Waals surface area contributed by atoms with Gasteiger partial charge < -0.3 is 35.3 Å². The largest absolute Gasteiger partial charge is 0.394 e. The second-order valence-corrected chi connectivity index (χ2v) is 3.63. The molecule has 0 radical (unpaired) electrons. The molecule has 0 aliphatic carbocycles. The van der Waals surface area contributed by atoms with Crippen molar-refractivity contribution in [2.24, 2.45) is 5.73 Å². The molecule has 0 amide bonds. The van der Waals surface area contributed by atoms with Crippen molar-refractivity contribution in [2.75, 3.05) is 26.9 Å². The van der Waals surface area contributed by atoms with Crippen LogP contribution >= 0.6 is 0 Å². The van der Waals surface area contributed by atoms with Gasteiger partial charge in [0.25, 0.3) is 0 Å². The lowest BCUT2D eigenvalue weighted by Gasteiger charge is -2.40. The minimum Gasteiger partial charge on any atom is -0.394 e. The number of hydrogen-bond acceptors (Lipinski definition) is 7. The highest BCUT2D eigenvalue weighted by Crippen LogP contribution is 2.20. The zero-order valence-corrected chi connectivity index (χ0v) is 9.15. The van der Waals surface area contributed by atoms with Gasteiger partial charge in [0.15, 0.2) is 6.29 Å². The average Bonchev–Trinajstić information content (AvgIpc) is 2.27. The SMILES string of the molecule is COC1C(COCCO)OC(O)C(N)C1O. The van der Waals surface area contributed by atoms with E-state index in [1.54, 1.807) is 0 Å². The van der Waals surface area contributed by atoms with E-state index in [0.717, 1.165) is 0 Å². The Morgan fingerprint density at radius 2 is 2.06 bits per heavy atom. The summed E-state index contributed by atoms with van der Waals surface area (Å²) in [6.45, 7) is 0.170. The summed E-state index contributed by atoms with van der Waals surface area (Å²) in [6.07, 6.45) is -3.53. The van der Waals surface area contributed by atoms with E-state index in [-0.39, 0.29) is 19.8 Å². The third kappa shape index (κ3) is 3.11. The Bertz CT molecular complexity index is 204. The minimum absolute atomic E-state index is 0.102. The molecule has 7 nitrogen and oxygen atoms in total. The molecule has 0 aromatic carbocycles. The van der Waals surface area contributed by atoms with Gasteiger partial charge >= 0.3 is 0 Å². The molecular weight excluding hydrogens is 218 g/mol. The van der Waals surface area contributed by atoms with Crippen LogP contribution in [-0.4, -0.2) is 72.9 Å². The van der Waals surface area contributed by atoms with E-state index in [4.69, 9.17) is 25.1 Å². The fourth-order valence-corrected chi connectivity index (χ4v) is 1.64. The van der Waals surface area contributed by atoms with Crippen molar-refractivity contribution >= 4 is 0 Å². The van der Waals surface area contributed by atoms with Crippen molar-refractivity contribution in [3.8, 4) is 0 Å². The van der Waals surface area contributed by atoms with Gasteiger partial charge in [0.1, 0.15) is 18.3 Å². The summed E-state index contributed by atoms with van der Waals surface area (Å²) in [5.74, 6) is 0. The molecule has 96 valence electrons. The molecule has 0 bridgehead atoms. The Morgan fingerprint density at radius 3 is 2.62 bits per heavy atom. The summed E-state index contributed by atoms with van der Waals surface area (Å²) >= 11 is 0. The molecular formula is C9H19NO6. The summed E-state index contributed by atoms with van der Waals surface area (Å²) in [5.41, 5.74) is 5.52. The van der Waals surface area contributed by atoms with Gasteiger partial charge in [-0.1, -0.05) is 0 Å². The molecule has 1 rings (SSSR count). The third-order valence-corrected chi connectivity index (χ3v) is 2.53. The Morgan fingerprint density at radius 1 is 1.38 bits per heavy atom. The van der Waals surface area contributed by atoms with Crippen LogP contribution in [0.25, 0.3) is 0 Å². The van der Waals surface area contributed by atoms with Crippen LogP contribution in [0, 0.1) is 0 Å². The predicted octanol–water partition coefficient (Wildman–Crippen LogP) is -2.58. The Hall–Kier alpha value is -0.280. The average molecular weight is 237 g/mol. The van der Waals surface area contributed by atoms with E-state index in [1.165, 1.54) is 7.11 Å². The first-order valence-electron chi connectivity index (χ1n) is 5.10. The lowest BCUT2D eigenvalue weighted by atomic mass is 9.98. The van der Waals surface area contributed by atoms with Crippen LogP contribution in [0.5, 0.6) is 0 Å². The highest BCUT2D eigenvalue weighted by atomic mass is 16.6. The second-order valence-electron chi connectivity index (χ2n) is 3.63. The predicted molar refractivity (Wildman–Crippen MR) is 53.6 cm³/mol. The van der Waals surface area contributed by atoms with Gasteiger partial charge in [0.2, 0.25) is 0 Å². The maximum absolute atomic E-state index is 9.74. The summed E-state index contributed by atoms with van der Waals surface area (Å²) in [4.78, 5) is 0. The van der Waals surface area contributed by atoms with Crippen molar-refractivity contribution in [2.45, 2.75) is 30.6 Å². The van der Waals surface area contributed by atoms with Crippen LogP contribution in [0.1, 0.15) is 0 Å². The van der Waals surface area contributed by atoms with Crippen molar-refractivity contribution in [1.29, 1.82) is 0 Å². The molecule has 7 heteroatoms. The van der Waals surface area contributed by atoms with Gasteiger partial charge in [-0.2, -0.15) is 0 Å². The molecule has 1 aliphatic rings. The number of nitrogens with two attached hydrogens (primary N) is 1. The number of methoxy groups -OCH3 is 1. The van der Waals surface area contributed by atoms with Crippen LogP contribution in [0.4, 0.5) is 0 Å². The second kappa shape index (κ2) is 6.45. The number of aliphatic hydroxyl groups excluding tert-OH is 3. The quantitative estimate of drug-likeness (QED) is 0.388. The smallest absolute Gasteiger partial charge is 0.173 e. The molecule has 0 aromatic rings. The van der Waals surface area contributed by atoms with Gasteiger partial charge in [-0.05, 0) is 0 Å². The molecule has 0 spiro atoms. The Kier molecular flexibility index (Phi) is 5.56. The number of hydrogen-bond donors (Lipinski definition) is 4. The Labute approximate surface area is 93.7 Å². The van der Waals surface area contributed by atoms with Gasteiger partial charge in [-0.15, -0.1) is 0 Å². The van der Waals surface area contributed by atoms with Gasteiger partial charge in [-0.3, -0.25) is 0 Å². The summed E-state index contributed by atoms with van der Waals surface area (Å²) < 4.78 is 15.3. The molecule has 5 atom stereocenters. The van der Waals surface area contributed by atoms with Gasteiger partial charge in [0.05, 0.1) is 25.9 Å². The van der Waals surface area contributed by atoms with E-state index < -0.39 is 30.6 Å². The van der Waals surface area contributed by atoms with Crippen molar-refractivity contribution < 1.29 is 29.5 Å². The lowest BCUT2D eigenvalue weighted by molar-refractivity contribution is -0.257. The molecule has 16 heavy (non-hydrogen) atoms. The van der Waals surface area contributed by atoms with Gasteiger partial charge in [-0.25, -0.2) is 0 Å². The van der Waals surface area contributed by atoms with Crippen LogP contribution in [0.15, 0.2) is 0 Å². The minimum atomic E-state index is -1.25. The van der Waals surface area contributed by atoms with E-state index in [9.17, 15) is 10.2 Å². The fraction of sp³-hybridized carbons (Fsp3) is 1.00. The van der Waals surface area contributed by atoms with Crippen LogP contribution in [0.3, 0.4) is 0 Å². The molecule has 5 N–H and O–H groups in total. The zero-order valence-electron chi connectivity index (χ0n) is 9.15. The topological polar surface area (TPSA) is 114 Å². The molecule has 5 unspecified atom stereocenters. The number of ether oxygens (including phenoxy) is 3. The van der Waals surface area contributed by atoms with E-state index >= 15 is 0 Å². The first-order chi connectivity index (χ1) is 7.61. The lowest BCUT2D eigenvalue weighted by Crippen LogP contribution is -2.62. The maximum atomic E-state index is 9.74. The molecule has 1 aliphatic heterocycles. The zero-order chi connectivity index (χ0) is 12.1. The monoisotopic (exact) mass is 237 g/mol. The van der Waals surface area contributed by atoms with Gasteiger partial charge in [0, 0.05) is 7.11 Å². The summed E-state index contributed by atoms with van der Waals surface area (Å²) in [6, 6.07) is -0.904. The highest BCUT2D eigenvalue weighted by molar-refractivity contribution is 4.91. The van der Waals surface area contributed by atoms with E-state index in [1.807, 2.05) is 0 Å². The normalized spacial score (nSPS) is 39.9. The van der Waals surface area contributed by atoms with Crippen molar-refractivity contribution in [1.82, 2.24) is 0 Å². The molecule has 1 saturated heterocycles. The summed E-state index contributed by atoms with van der Waals surface area (Å²) in [5, 5.41) is 27.7. The molecule has 1 heterocycles. The number of aliphatic hydroxyl groups is 3. The van der Waals surface area contributed by atoms with Crippen LogP contribution < -0.4 is 5.73 Å². The summed E-state index contributed by atoms with van der Waals surface area (Å²) in [7, 11) is 1.42. The van der Waals surface area contributed by atoms with E-state index in [2.05, 4.69) is 0 Å². The Balaban J connectivity index is 2.53. The van der Waals surface area contributed by atoms with Crippen molar-refractivity contribution in [3.05, 3.63) is 0 Å². The third-order valence-electron chi connectivity index (χ3n) is 2.53. The number of rotatable bonds is 5. The molecule has 0 saturated carbocycles. The van der Waals surface area contributed by atoms with Crippen LogP contribution in [0.2, 0.25) is 0 Å². The molecule has 1 fully saturated rings. The van der Waals surface area contributed by atoms with Crippen LogP contribution in [-0.2, 0) is 14.2 Å². The fourth-order valence-electron chi connectivity index (χ4n) is 1.64. The standard InChI is InChI=1S/C9H19NO6/c1-14-8-5(4-15-3-2-11)16-9(13)6(10)7(8)12/h5-9,11-13H,2-4,10H2,1H3.